The molecule has 0 aliphatic rings. The molecule has 0 aromatic heterocycles. The fourth-order valence-electron chi connectivity index (χ4n) is 1.50. The highest BCUT2D eigenvalue weighted by molar-refractivity contribution is 9.10. The van der Waals surface area contributed by atoms with Crippen LogP contribution in [0.2, 0.25) is 0 Å². The average Bonchev–Trinajstić information content (AvgIpc) is 2.28. The van der Waals surface area contributed by atoms with Crippen LogP contribution < -0.4 is 0 Å². The van der Waals surface area contributed by atoms with Crippen molar-refractivity contribution in [1.29, 1.82) is 0 Å². The van der Waals surface area contributed by atoms with Crippen LogP contribution in [-0.4, -0.2) is 35.1 Å². The number of hydrogen-bond donors (Lipinski definition) is 1. The van der Waals surface area contributed by atoms with E-state index in [1.54, 1.807) is 4.90 Å². The van der Waals surface area contributed by atoms with Gasteiger partial charge in [0.25, 0.3) is 5.91 Å². The van der Waals surface area contributed by atoms with E-state index < -0.39 is 5.82 Å². The van der Waals surface area contributed by atoms with Gasteiger partial charge in [0.1, 0.15) is 5.82 Å². The van der Waals surface area contributed by atoms with Gasteiger partial charge in [-0.2, -0.15) is 0 Å². The fourth-order valence-corrected chi connectivity index (χ4v) is 1.88. The molecule has 0 aliphatic carbocycles. The number of nitrogens with zero attached hydrogens (tertiary/aromatic N) is 1. The minimum atomic E-state index is -0.403. The molecular weight excluding hydrogens is 289 g/mol. The Balaban J connectivity index is 2.97. The van der Waals surface area contributed by atoms with Crippen LogP contribution in [-0.2, 0) is 0 Å². The lowest BCUT2D eigenvalue weighted by molar-refractivity contribution is 0.0665. The Hall–Kier alpha value is -0.940. The van der Waals surface area contributed by atoms with Crippen molar-refractivity contribution in [1.82, 2.24) is 4.90 Å². The summed E-state index contributed by atoms with van der Waals surface area (Å²) >= 11 is 3.04. The van der Waals surface area contributed by atoms with Crippen LogP contribution in [0.5, 0.6) is 0 Å². The molecule has 1 aromatic rings. The number of hydrogen-bond acceptors (Lipinski definition) is 2. The Morgan fingerprint density at radius 2 is 2.18 bits per heavy atom. The van der Waals surface area contributed by atoms with Crippen molar-refractivity contribution in [2.45, 2.75) is 19.9 Å². The number of benzene rings is 1. The molecule has 1 amide bonds. The third-order valence-corrected chi connectivity index (χ3v) is 3.00. The lowest BCUT2D eigenvalue weighted by Gasteiger charge is -2.26. The molecule has 0 fully saturated rings. The summed E-state index contributed by atoms with van der Waals surface area (Å²) in [6.45, 7) is 3.91. The Labute approximate surface area is 108 Å². The van der Waals surface area contributed by atoms with Crippen LogP contribution in [0.4, 0.5) is 4.39 Å². The largest absolute Gasteiger partial charge is 0.395 e. The van der Waals surface area contributed by atoms with Crippen LogP contribution in [0.15, 0.2) is 22.7 Å². The number of rotatable bonds is 4. The molecule has 0 heterocycles. The molecule has 5 heteroatoms. The van der Waals surface area contributed by atoms with Gasteiger partial charge in [-0.3, -0.25) is 4.79 Å². The second-order valence-electron chi connectivity index (χ2n) is 3.94. The van der Waals surface area contributed by atoms with E-state index in [1.165, 1.54) is 18.2 Å². The Morgan fingerprint density at radius 1 is 1.53 bits per heavy atom. The number of aliphatic hydroxyl groups excluding tert-OH is 1. The van der Waals surface area contributed by atoms with Crippen molar-refractivity contribution < 1.29 is 14.3 Å². The van der Waals surface area contributed by atoms with Crippen LogP contribution in [0.25, 0.3) is 0 Å². The highest BCUT2D eigenvalue weighted by atomic mass is 79.9. The maximum atomic E-state index is 13.1. The first-order chi connectivity index (χ1) is 7.97. The topological polar surface area (TPSA) is 40.5 Å². The third kappa shape index (κ3) is 3.51. The monoisotopic (exact) mass is 303 g/mol. The summed E-state index contributed by atoms with van der Waals surface area (Å²) in [5, 5.41) is 8.92. The summed E-state index contributed by atoms with van der Waals surface area (Å²) in [5.41, 5.74) is 0.403. The van der Waals surface area contributed by atoms with Gasteiger partial charge in [0.15, 0.2) is 0 Å². The van der Waals surface area contributed by atoms with Gasteiger partial charge in [0.2, 0.25) is 0 Å². The summed E-state index contributed by atoms with van der Waals surface area (Å²) in [7, 11) is 0. The van der Waals surface area contributed by atoms with Gasteiger partial charge in [-0.25, -0.2) is 4.39 Å². The van der Waals surface area contributed by atoms with Crippen molar-refractivity contribution in [3.05, 3.63) is 34.1 Å². The van der Waals surface area contributed by atoms with E-state index >= 15 is 0 Å². The van der Waals surface area contributed by atoms with Crippen LogP contribution in [0.1, 0.15) is 24.2 Å². The lowest BCUT2D eigenvalue weighted by Crippen LogP contribution is -2.39. The predicted octanol–water partition coefficient (Wildman–Crippen LogP) is 2.43. The molecule has 1 N–H and O–H groups in total. The molecule has 0 atom stereocenters. The molecule has 1 aromatic carbocycles. The van der Waals surface area contributed by atoms with E-state index in [9.17, 15) is 9.18 Å². The molecule has 0 bridgehead atoms. The molecule has 0 aliphatic heterocycles. The first-order valence-corrected chi connectivity index (χ1v) is 6.13. The molecule has 0 radical (unpaired) electrons. The summed E-state index contributed by atoms with van der Waals surface area (Å²) < 4.78 is 13.3. The maximum absolute atomic E-state index is 13.1. The molecule has 3 nitrogen and oxygen atoms in total. The minimum absolute atomic E-state index is 0.0153. The predicted molar refractivity (Wildman–Crippen MR) is 67.4 cm³/mol. The zero-order valence-electron chi connectivity index (χ0n) is 9.78. The quantitative estimate of drug-likeness (QED) is 0.928. The molecule has 17 heavy (non-hydrogen) atoms. The number of carbonyl (C=O) groups is 1. The summed E-state index contributed by atoms with van der Waals surface area (Å²) in [6, 6.07) is 4.12. The maximum Gasteiger partial charge on any atom is 0.254 e. The first kappa shape index (κ1) is 14.1. The smallest absolute Gasteiger partial charge is 0.254 e. The molecule has 94 valence electrons. The molecular formula is C12H15BrFNO2. The van der Waals surface area contributed by atoms with E-state index in [0.717, 1.165) is 0 Å². The molecule has 0 spiro atoms. The van der Waals surface area contributed by atoms with Crippen molar-refractivity contribution >= 4 is 21.8 Å². The second-order valence-corrected chi connectivity index (χ2v) is 4.80. The summed E-state index contributed by atoms with van der Waals surface area (Å²) in [5.74, 6) is -0.616. The van der Waals surface area contributed by atoms with Crippen LogP contribution in [0, 0.1) is 5.82 Å². The fraction of sp³-hybridized carbons (Fsp3) is 0.417. The number of amides is 1. The van der Waals surface area contributed by atoms with Gasteiger partial charge in [-0.05, 0) is 48.0 Å². The third-order valence-electron chi connectivity index (χ3n) is 2.39. The van der Waals surface area contributed by atoms with Crippen molar-refractivity contribution in [3.63, 3.8) is 0 Å². The van der Waals surface area contributed by atoms with E-state index in [0.29, 0.717) is 5.56 Å². The second kappa shape index (κ2) is 6.12. The highest BCUT2D eigenvalue weighted by Crippen LogP contribution is 2.18. The lowest BCUT2D eigenvalue weighted by atomic mass is 10.1. The Bertz CT molecular complexity index is 409. The van der Waals surface area contributed by atoms with E-state index in [4.69, 9.17) is 5.11 Å². The Kier molecular flexibility index (Phi) is 5.08. The van der Waals surface area contributed by atoms with Gasteiger partial charge in [0.05, 0.1) is 11.1 Å². The van der Waals surface area contributed by atoms with Gasteiger partial charge in [0, 0.05) is 18.2 Å². The standard InChI is InChI=1S/C12H15BrFNO2/c1-8(2)15(5-6-16)12(17)9-3-4-11(14)10(13)7-9/h3-4,7-8,16H,5-6H2,1-2H3. The van der Waals surface area contributed by atoms with Crippen molar-refractivity contribution in [2.75, 3.05) is 13.2 Å². The molecule has 0 saturated carbocycles. The van der Waals surface area contributed by atoms with Crippen molar-refractivity contribution in [3.8, 4) is 0 Å². The number of halogens is 2. The van der Waals surface area contributed by atoms with E-state index in [1.807, 2.05) is 13.8 Å². The van der Waals surface area contributed by atoms with E-state index in [2.05, 4.69) is 15.9 Å². The van der Waals surface area contributed by atoms with Gasteiger partial charge >= 0.3 is 0 Å². The number of carbonyl (C=O) groups excluding carboxylic acids is 1. The highest BCUT2D eigenvalue weighted by Gasteiger charge is 2.18. The summed E-state index contributed by atoms with van der Waals surface area (Å²) in [4.78, 5) is 13.7. The van der Waals surface area contributed by atoms with Crippen LogP contribution >= 0.6 is 15.9 Å². The van der Waals surface area contributed by atoms with Crippen LogP contribution in [0.3, 0.4) is 0 Å². The summed E-state index contributed by atoms with van der Waals surface area (Å²) in [6.07, 6.45) is 0. The SMILES string of the molecule is CC(C)N(CCO)C(=O)c1ccc(F)c(Br)c1. The zero-order chi connectivity index (χ0) is 13.0. The zero-order valence-corrected chi connectivity index (χ0v) is 11.4. The average molecular weight is 304 g/mol. The Morgan fingerprint density at radius 3 is 2.65 bits per heavy atom. The van der Waals surface area contributed by atoms with Gasteiger partial charge < -0.3 is 10.0 Å². The van der Waals surface area contributed by atoms with Gasteiger partial charge in [-0.1, -0.05) is 0 Å². The molecule has 0 unspecified atom stereocenters. The first-order valence-electron chi connectivity index (χ1n) is 5.34. The number of aliphatic hydroxyl groups is 1. The van der Waals surface area contributed by atoms with E-state index in [-0.39, 0.29) is 29.6 Å². The molecule has 1 rings (SSSR count). The normalized spacial score (nSPS) is 10.7. The van der Waals surface area contributed by atoms with Gasteiger partial charge in [-0.15, -0.1) is 0 Å². The van der Waals surface area contributed by atoms with Crippen molar-refractivity contribution in [2.24, 2.45) is 0 Å². The minimum Gasteiger partial charge on any atom is -0.395 e. The molecule has 0 saturated heterocycles.